The summed E-state index contributed by atoms with van der Waals surface area (Å²) in [6, 6.07) is 1.14. The summed E-state index contributed by atoms with van der Waals surface area (Å²) in [6.07, 6.45) is 1.35. The van der Waals surface area contributed by atoms with Crippen LogP contribution < -0.4 is 5.32 Å². The second kappa shape index (κ2) is 6.98. The molecule has 8 heteroatoms. The first kappa shape index (κ1) is 16.8. The van der Waals surface area contributed by atoms with Crippen LogP contribution in [0.3, 0.4) is 0 Å². The standard InChI is InChI=1S/C13H19N3O5/c1-4-9(5-2)14-12-11(15(18)19)6-8(3)10(7-17)13(12)16(20)21/h6,9,14,17H,4-5,7H2,1-3H3. The van der Waals surface area contributed by atoms with Crippen molar-refractivity contribution in [3.8, 4) is 0 Å². The van der Waals surface area contributed by atoms with E-state index in [1.807, 2.05) is 13.8 Å². The van der Waals surface area contributed by atoms with Gasteiger partial charge in [-0.05, 0) is 25.3 Å². The Bertz CT molecular complexity index is 555. The number of nitrogens with zero attached hydrogens (tertiary/aromatic N) is 2. The van der Waals surface area contributed by atoms with Gasteiger partial charge in [0.15, 0.2) is 5.69 Å². The summed E-state index contributed by atoms with van der Waals surface area (Å²) in [5, 5.41) is 34.7. The van der Waals surface area contributed by atoms with E-state index in [0.717, 1.165) is 0 Å². The molecule has 2 N–H and O–H groups in total. The van der Waals surface area contributed by atoms with Gasteiger partial charge in [-0.25, -0.2) is 0 Å². The minimum absolute atomic E-state index is 0.0963. The van der Waals surface area contributed by atoms with Crippen LogP contribution in [0.15, 0.2) is 6.07 Å². The number of hydrogen-bond acceptors (Lipinski definition) is 6. The molecular formula is C13H19N3O5. The second-order valence-corrected chi connectivity index (χ2v) is 4.74. The number of aliphatic hydroxyl groups excluding tert-OH is 1. The first-order chi connectivity index (χ1) is 9.87. The number of aryl methyl sites for hydroxylation is 1. The highest BCUT2D eigenvalue weighted by Gasteiger charge is 2.31. The van der Waals surface area contributed by atoms with E-state index in [4.69, 9.17) is 0 Å². The molecule has 0 saturated heterocycles. The summed E-state index contributed by atoms with van der Waals surface area (Å²) in [7, 11) is 0. The summed E-state index contributed by atoms with van der Waals surface area (Å²) >= 11 is 0. The predicted molar refractivity (Wildman–Crippen MR) is 78.4 cm³/mol. The maximum Gasteiger partial charge on any atom is 0.305 e. The molecule has 0 aliphatic heterocycles. The Morgan fingerprint density at radius 2 is 1.81 bits per heavy atom. The summed E-state index contributed by atoms with van der Waals surface area (Å²) in [6.45, 7) is 4.74. The molecule has 0 spiro atoms. The van der Waals surface area contributed by atoms with Crippen molar-refractivity contribution in [2.45, 2.75) is 46.3 Å². The molecule has 0 saturated carbocycles. The summed E-state index contributed by atoms with van der Waals surface area (Å²) in [5.41, 5.74) is -0.474. The number of benzene rings is 1. The van der Waals surface area contributed by atoms with Gasteiger partial charge in [-0.1, -0.05) is 13.8 Å². The molecule has 0 aliphatic rings. The van der Waals surface area contributed by atoms with Crippen LogP contribution in [-0.4, -0.2) is 21.0 Å². The number of anilines is 1. The number of rotatable bonds is 7. The predicted octanol–water partition coefficient (Wildman–Crippen LogP) is 2.90. The third-order valence-electron chi connectivity index (χ3n) is 3.48. The lowest BCUT2D eigenvalue weighted by Gasteiger charge is -2.18. The normalized spacial score (nSPS) is 10.7. The number of aliphatic hydroxyl groups is 1. The lowest BCUT2D eigenvalue weighted by Crippen LogP contribution is -2.19. The molecule has 0 atom stereocenters. The van der Waals surface area contributed by atoms with E-state index < -0.39 is 22.1 Å². The quantitative estimate of drug-likeness (QED) is 0.590. The van der Waals surface area contributed by atoms with Crippen molar-refractivity contribution in [3.05, 3.63) is 37.4 Å². The third kappa shape index (κ3) is 3.46. The van der Waals surface area contributed by atoms with E-state index in [0.29, 0.717) is 18.4 Å². The minimum atomic E-state index is -0.684. The topological polar surface area (TPSA) is 119 Å². The van der Waals surface area contributed by atoms with E-state index in [-0.39, 0.29) is 23.0 Å². The van der Waals surface area contributed by atoms with Crippen LogP contribution in [0.4, 0.5) is 17.1 Å². The largest absolute Gasteiger partial charge is 0.391 e. The van der Waals surface area contributed by atoms with Gasteiger partial charge >= 0.3 is 5.69 Å². The molecular weight excluding hydrogens is 278 g/mol. The maximum atomic E-state index is 11.3. The molecule has 0 radical (unpaired) electrons. The first-order valence-corrected chi connectivity index (χ1v) is 6.69. The molecule has 116 valence electrons. The van der Waals surface area contributed by atoms with Crippen LogP contribution in [-0.2, 0) is 6.61 Å². The number of nitrogens with one attached hydrogen (secondary N) is 1. The molecule has 0 amide bonds. The van der Waals surface area contributed by atoms with E-state index in [1.165, 1.54) is 13.0 Å². The maximum absolute atomic E-state index is 11.3. The molecule has 0 heterocycles. The van der Waals surface area contributed by atoms with E-state index in [1.54, 1.807) is 0 Å². The van der Waals surface area contributed by atoms with Crippen molar-refractivity contribution >= 4 is 17.1 Å². The third-order valence-corrected chi connectivity index (χ3v) is 3.48. The Morgan fingerprint density at radius 3 is 2.19 bits per heavy atom. The average molecular weight is 297 g/mol. The van der Waals surface area contributed by atoms with Crippen molar-refractivity contribution in [1.82, 2.24) is 0 Å². The monoisotopic (exact) mass is 297 g/mol. The van der Waals surface area contributed by atoms with Crippen molar-refractivity contribution in [2.24, 2.45) is 0 Å². The SMILES string of the molecule is CCC(CC)Nc1c([N+](=O)[O-])cc(C)c(CO)c1[N+](=O)[O-]. The highest BCUT2D eigenvalue weighted by Crippen LogP contribution is 2.40. The van der Waals surface area contributed by atoms with Gasteiger partial charge in [-0.3, -0.25) is 20.2 Å². The zero-order chi connectivity index (χ0) is 16.2. The van der Waals surface area contributed by atoms with Gasteiger partial charge in [0.05, 0.1) is 22.0 Å². The second-order valence-electron chi connectivity index (χ2n) is 4.74. The summed E-state index contributed by atoms with van der Waals surface area (Å²) in [4.78, 5) is 21.2. The molecule has 8 nitrogen and oxygen atoms in total. The van der Waals surface area contributed by atoms with Gasteiger partial charge in [-0.15, -0.1) is 0 Å². The van der Waals surface area contributed by atoms with Gasteiger partial charge in [0.2, 0.25) is 0 Å². The Labute approximate surface area is 122 Å². The van der Waals surface area contributed by atoms with E-state index in [2.05, 4.69) is 5.32 Å². The Hall–Kier alpha value is -2.22. The zero-order valence-electron chi connectivity index (χ0n) is 12.3. The fourth-order valence-corrected chi connectivity index (χ4v) is 2.21. The molecule has 1 aromatic rings. The Kier molecular flexibility index (Phi) is 5.60. The summed E-state index contributed by atoms with van der Waals surface area (Å²) in [5.74, 6) is 0. The van der Waals surface area contributed by atoms with Crippen LogP contribution >= 0.6 is 0 Å². The fourth-order valence-electron chi connectivity index (χ4n) is 2.21. The molecule has 0 unspecified atom stereocenters. The molecule has 0 bridgehead atoms. The number of hydrogen-bond donors (Lipinski definition) is 2. The van der Waals surface area contributed by atoms with E-state index >= 15 is 0 Å². The van der Waals surface area contributed by atoms with Crippen molar-refractivity contribution in [2.75, 3.05) is 5.32 Å². The molecule has 0 fully saturated rings. The molecule has 0 aliphatic carbocycles. The van der Waals surface area contributed by atoms with Crippen LogP contribution in [0.2, 0.25) is 0 Å². The zero-order valence-corrected chi connectivity index (χ0v) is 12.3. The first-order valence-electron chi connectivity index (χ1n) is 6.69. The average Bonchev–Trinajstić information content (AvgIpc) is 2.44. The fraction of sp³-hybridized carbons (Fsp3) is 0.538. The summed E-state index contributed by atoms with van der Waals surface area (Å²) < 4.78 is 0. The van der Waals surface area contributed by atoms with Crippen molar-refractivity contribution in [3.63, 3.8) is 0 Å². The van der Waals surface area contributed by atoms with E-state index in [9.17, 15) is 25.3 Å². The highest BCUT2D eigenvalue weighted by molar-refractivity contribution is 5.78. The van der Waals surface area contributed by atoms with Gasteiger partial charge in [0, 0.05) is 12.1 Å². The van der Waals surface area contributed by atoms with Crippen LogP contribution in [0.1, 0.15) is 37.8 Å². The molecule has 0 aromatic heterocycles. The van der Waals surface area contributed by atoms with Gasteiger partial charge in [0.25, 0.3) is 5.69 Å². The molecule has 1 rings (SSSR count). The minimum Gasteiger partial charge on any atom is -0.391 e. The van der Waals surface area contributed by atoms with Gasteiger partial charge in [-0.2, -0.15) is 0 Å². The van der Waals surface area contributed by atoms with Crippen LogP contribution in [0.5, 0.6) is 0 Å². The highest BCUT2D eigenvalue weighted by atomic mass is 16.6. The van der Waals surface area contributed by atoms with Gasteiger partial charge < -0.3 is 10.4 Å². The lowest BCUT2D eigenvalue weighted by molar-refractivity contribution is -0.393. The number of nitro groups is 2. The molecule has 21 heavy (non-hydrogen) atoms. The number of nitro benzene ring substituents is 2. The van der Waals surface area contributed by atoms with Crippen molar-refractivity contribution < 1.29 is 15.0 Å². The Balaban J connectivity index is 3.61. The Morgan fingerprint density at radius 1 is 1.24 bits per heavy atom. The van der Waals surface area contributed by atoms with Crippen LogP contribution in [0, 0.1) is 27.2 Å². The molecule has 1 aromatic carbocycles. The lowest BCUT2D eigenvalue weighted by atomic mass is 10.0. The van der Waals surface area contributed by atoms with Gasteiger partial charge in [0.1, 0.15) is 0 Å². The smallest absolute Gasteiger partial charge is 0.305 e. The van der Waals surface area contributed by atoms with Crippen molar-refractivity contribution in [1.29, 1.82) is 0 Å². The van der Waals surface area contributed by atoms with Crippen LogP contribution in [0.25, 0.3) is 0 Å².